The molecule has 2 fully saturated rings. The Kier molecular flexibility index (Phi) is 5.69. The van der Waals surface area contributed by atoms with Gasteiger partial charge in [-0.15, -0.1) is 10.2 Å². The fraction of sp³-hybridized carbons (Fsp3) is 0.500. The number of anilines is 2. The predicted molar refractivity (Wildman–Crippen MR) is 129 cm³/mol. The zero-order chi connectivity index (χ0) is 23.1. The van der Waals surface area contributed by atoms with Crippen LogP contribution in [0.1, 0.15) is 49.7 Å². The van der Waals surface area contributed by atoms with Crippen molar-refractivity contribution in [1.29, 1.82) is 0 Å². The number of hydrogen-bond donors (Lipinski definition) is 0. The minimum Gasteiger partial charge on any atom is -0.377 e. The number of rotatable bonds is 7. The van der Waals surface area contributed by atoms with Crippen molar-refractivity contribution >= 4 is 11.5 Å². The maximum atomic E-state index is 14.1. The zero-order valence-electron chi connectivity index (χ0n) is 19.6. The van der Waals surface area contributed by atoms with E-state index in [1.165, 1.54) is 18.4 Å². The van der Waals surface area contributed by atoms with Crippen LogP contribution in [-0.4, -0.2) is 52.3 Å². The minimum absolute atomic E-state index is 0.129. The first-order valence-corrected chi connectivity index (χ1v) is 12.5. The van der Waals surface area contributed by atoms with Gasteiger partial charge in [-0.2, -0.15) is 5.10 Å². The lowest BCUT2D eigenvalue weighted by atomic mass is 9.96. The second-order valence-corrected chi connectivity index (χ2v) is 9.70. The topological polar surface area (TPSA) is 59.3 Å². The van der Waals surface area contributed by atoms with Gasteiger partial charge in [0.1, 0.15) is 5.82 Å². The van der Waals surface area contributed by atoms with Crippen molar-refractivity contribution in [3.8, 4) is 5.82 Å². The van der Waals surface area contributed by atoms with Crippen molar-refractivity contribution in [2.24, 2.45) is 5.92 Å². The number of aromatic nitrogens is 4. The maximum Gasteiger partial charge on any atom is 0.175 e. The third-order valence-corrected chi connectivity index (χ3v) is 7.50. The number of ether oxygens (including phenoxy) is 1. The van der Waals surface area contributed by atoms with Crippen LogP contribution in [0.25, 0.3) is 5.82 Å². The summed E-state index contributed by atoms with van der Waals surface area (Å²) in [5.41, 5.74) is 3.50. The lowest BCUT2D eigenvalue weighted by Crippen LogP contribution is -2.45. The fourth-order valence-electron chi connectivity index (χ4n) is 5.53. The lowest BCUT2D eigenvalue weighted by molar-refractivity contribution is 0.134. The number of fused-ring (bicyclic) bond motifs is 1. The average molecular weight is 463 g/mol. The van der Waals surface area contributed by atoms with E-state index < -0.39 is 0 Å². The third kappa shape index (κ3) is 4.15. The Labute approximate surface area is 199 Å². The van der Waals surface area contributed by atoms with Crippen LogP contribution in [0.5, 0.6) is 0 Å². The molecule has 3 aliphatic rings. The van der Waals surface area contributed by atoms with E-state index in [0.717, 1.165) is 55.5 Å². The van der Waals surface area contributed by atoms with Gasteiger partial charge in [-0.05, 0) is 68.4 Å². The molecular formula is C26H31FN6O. The van der Waals surface area contributed by atoms with Gasteiger partial charge < -0.3 is 14.5 Å². The van der Waals surface area contributed by atoms with Crippen molar-refractivity contribution in [1.82, 2.24) is 20.0 Å². The summed E-state index contributed by atoms with van der Waals surface area (Å²) in [6, 6.07) is 9.84. The van der Waals surface area contributed by atoms with Crippen LogP contribution in [0.4, 0.5) is 15.9 Å². The van der Waals surface area contributed by atoms with E-state index in [0.29, 0.717) is 31.0 Å². The standard InChI is InChI=1S/C26H31FN6O/c1-2-34-17-18-14-28-33(15-18)26-8-7-25(29-30-26)31-11-9-21(10-12-31)32-16-23(19-3-4-19)22-6-5-20(27)13-24(22)32/h5-8,13-15,19,21,23H,2-4,9-12,16-17H2,1H3. The number of nitrogens with zero attached hydrogens (tertiary/aromatic N) is 6. The molecule has 2 aliphatic heterocycles. The van der Waals surface area contributed by atoms with E-state index in [1.807, 2.05) is 31.3 Å². The van der Waals surface area contributed by atoms with Crippen molar-refractivity contribution in [3.05, 3.63) is 59.7 Å². The molecule has 1 unspecified atom stereocenters. The van der Waals surface area contributed by atoms with Gasteiger partial charge in [0.05, 0.1) is 12.8 Å². The van der Waals surface area contributed by atoms with Crippen LogP contribution in [0.15, 0.2) is 42.7 Å². The normalized spacial score (nSPS) is 20.7. The number of halogens is 1. The molecule has 4 heterocycles. The smallest absolute Gasteiger partial charge is 0.175 e. The molecule has 1 atom stereocenters. The van der Waals surface area contributed by atoms with Crippen molar-refractivity contribution in [2.75, 3.05) is 36.0 Å². The summed E-state index contributed by atoms with van der Waals surface area (Å²) in [6.45, 7) is 6.09. The molecule has 1 saturated heterocycles. The molecule has 0 spiro atoms. The summed E-state index contributed by atoms with van der Waals surface area (Å²) >= 11 is 0. The van der Waals surface area contributed by atoms with Gasteiger partial charge in [0.2, 0.25) is 0 Å². The second-order valence-electron chi connectivity index (χ2n) is 9.70. The molecule has 0 bridgehead atoms. The Bertz CT molecular complexity index is 1140. The number of benzene rings is 1. The van der Waals surface area contributed by atoms with E-state index in [-0.39, 0.29) is 5.82 Å². The molecule has 7 nitrogen and oxygen atoms in total. The van der Waals surface area contributed by atoms with Crippen LogP contribution in [0, 0.1) is 11.7 Å². The summed E-state index contributed by atoms with van der Waals surface area (Å²) in [4.78, 5) is 4.79. The summed E-state index contributed by atoms with van der Waals surface area (Å²) in [5.74, 6) is 2.82. The number of piperidine rings is 1. The van der Waals surface area contributed by atoms with Gasteiger partial charge in [-0.1, -0.05) is 6.07 Å². The van der Waals surface area contributed by atoms with E-state index in [1.54, 1.807) is 23.0 Å². The molecule has 2 aromatic heterocycles. The van der Waals surface area contributed by atoms with Crippen LogP contribution < -0.4 is 9.80 Å². The Morgan fingerprint density at radius 2 is 1.82 bits per heavy atom. The summed E-state index contributed by atoms with van der Waals surface area (Å²) in [5, 5.41) is 13.3. The van der Waals surface area contributed by atoms with Crippen molar-refractivity contribution < 1.29 is 9.13 Å². The molecule has 178 valence electrons. The van der Waals surface area contributed by atoms with Gasteiger partial charge >= 0.3 is 0 Å². The molecule has 8 heteroatoms. The molecule has 1 aliphatic carbocycles. The Morgan fingerprint density at radius 3 is 2.56 bits per heavy atom. The van der Waals surface area contributed by atoms with Crippen molar-refractivity contribution in [2.45, 2.75) is 51.2 Å². The van der Waals surface area contributed by atoms with E-state index in [9.17, 15) is 4.39 Å². The Hall–Kier alpha value is -3.00. The molecule has 0 radical (unpaired) electrons. The largest absolute Gasteiger partial charge is 0.377 e. The van der Waals surface area contributed by atoms with Gasteiger partial charge in [0.25, 0.3) is 0 Å². The molecular weight excluding hydrogens is 431 g/mol. The zero-order valence-corrected chi connectivity index (χ0v) is 19.6. The maximum absolute atomic E-state index is 14.1. The molecule has 3 aromatic rings. The quantitative estimate of drug-likeness (QED) is 0.521. The first-order chi connectivity index (χ1) is 16.7. The molecule has 0 amide bonds. The lowest BCUT2D eigenvalue weighted by Gasteiger charge is -2.38. The first-order valence-electron chi connectivity index (χ1n) is 12.5. The molecule has 6 rings (SSSR count). The van der Waals surface area contributed by atoms with Gasteiger partial charge in [0.15, 0.2) is 11.6 Å². The highest BCUT2D eigenvalue weighted by Crippen LogP contribution is 2.50. The second kappa shape index (κ2) is 8.98. The third-order valence-electron chi connectivity index (χ3n) is 7.50. The first kappa shape index (κ1) is 21.5. The van der Waals surface area contributed by atoms with E-state index in [2.05, 4.69) is 25.1 Å². The Balaban J connectivity index is 1.10. The SMILES string of the molecule is CCOCc1cnn(-c2ccc(N3CCC(N4CC(C5CC5)c5ccc(F)cc54)CC3)nn2)c1. The van der Waals surface area contributed by atoms with Crippen LogP contribution in [0.2, 0.25) is 0 Å². The molecule has 1 aromatic carbocycles. The van der Waals surface area contributed by atoms with Crippen LogP contribution in [-0.2, 0) is 11.3 Å². The molecule has 34 heavy (non-hydrogen) atoms. The van der Waals surface area contributed by atoms with Crippen molar-refractivity contribution in [3.63, 3.8) is 0 Å². The van der Waals surface area contributed by atoms with Gasteiger partial charge in [-0.25, -0.2) is 9.07 Å². The van der Waals surface area contributed by atoms with Gasteiger partial charge in [0, 0.05) is 55.6 Å². The van der Waals surface area contributed by atoms with E-state index in [4.69, 9.17) is 4.74 Å². The summed E-state index contributed by atoms with van der Waals surface area (Å²) < 4.78 is 21.3. The highest BCUT2D eigenvalue weighted by Gasteiger charge is 2.42. The van der Waals surface area contributed by atoms with Gasteiger partial charge in [-0.3, -0.25) is 0 Å². The summed E-state index contributed by atoms with van der Waals surface area (Å²) in [6.07, 6.45) is 8.43. The van der Waals surface area contributed by atoms with E-state index >= 15 is 0 Å². The van der Waals surface area contributed by atoms with Crippen LogP contribution in [0.3, 0.4) is 0 Å². The average Bonchev–Trinajstić information content (AvgIpc) is 3.49. The molecule has 0 N–H and O–H groups in total. The minimum atomic E-state index is -0.129. The highest BCUT2D eigenvalue weighted by molar-refractivity contribution is 5.62. The summed E-state index contributed by atoms with van der Waals surface area (Å²) in [7, 11) is 0. The monoisotopic (exact) mass is 462 g/mol. The molecule has 1 saturated carbocycles. The van der Waals surface area contributed by atoms with Crippen LogP contribution >= 0.6 is 0 Å². The highest BCUT2D eigenvalue weighted by atomic mass is 19.1. The number of hydrogen-bond acceptors (Lipinski definition) is 6. The Morgan fingerprint density at radius 1 is 1.03 bits per heavy atom. The fourth-order valence-corrected chi connectivity index (χ4v) is 5.53. The predicted octanol–water partition coefficient (Wildman–Crippen LogP) is 4.32.